The summed E-state index contributed by atoms with van der Waals surface area (Å²) in [6.45, 7) is 8.78. The van der Waals surface area contributed by atoms with Crippen LogP contribution in [0.2, 0.25) is 0 Å². The van der Waals surface area contributed by atoms with Crippen LogP contribution in [0.25, 0.3) is 0 Å². The number of hydrogen-bond acceptors (Lipinski definition) is 16. The van der Waals surface area contributed by atoms with Crippen LogP contribution in [0, 0.1) is 23.7 Å². The highest BCUT2D eigenvalue weighted by molar-refractivity contribution is 5.95. The van der Waals surface area contributed by atoms with Crippen LogP contribution in [-0.4, -0.2) is 183 Å². The molecule has 5 aliphatic rings. The molecule has 4 saturated heterocycles. The molecule has 524 valence electrons. The third kappa shape index (κ3) is 19.4. The Morgan fingerprint density at radius 1 is 0.557 bits per heavy atom. The molecule has 3 aromatic carbocycles. The van der Waals surface area contributed by atoms with Crippen molar-refractivity contribution in [1.29, 1.82) is 0 Å². The molecular weight excluding hydrogens is 1230 g/mol. The van der Waals surface area contributed by atoms with E-state index >= 15 is 0 Å². The smallest absolute Gasteiger partial charge is 0.246 e. The van der Waals surface area contributed by atoms with Gasteiger partial charge in [0.05, 0.1) is 56.3 Å². The monoisotopic (exact) mass is 1330 g/mol. The minimum absolute atomic E-state index is 0.125. The fourth-order valence-corrected chi connectivity index (χ4v) is 14.9. The first-order valence-corrected chi connectivity index (χ1v) is 35.5. The zero-order chi connectivity index (χ0) is 68.0. The molecule has 0 bridgehead atoms. The van der Waals surface area contributed by atoms with E-state index in [1.165, 1.54) is 0 Å². The number of aromatic nitrogens is 6. The standard InChI is InChI=1S/C72H102N16O9/c1-5-58(73-3)67(90)79-65-53(42-75-40-48-16-10-7-11-17-48)26-29-57-32-34-62(88(57)71(65)94)70(93)78-64(52-20-14-9-15-21-52)60-45-86(84-82-60)37-39-97-47-51-24-22-50(23-25-51)46-96-38-36-85-44-55(81-83-85)28-35-63(89)76-43-54-27-30-56-31-33-61(69(92)77-41-49-18-12-8-13-19-49)87(56)72(95)66(54)80-68(91)59(6-2)74-4/h7-21,44-45,50-51,53-54,56-59,61-62,64-66,73-75H,5-6,22-43,46-47H2,1-4H3,(H,76,89)(H,77,92)(H,78,93)(H,79,90)(H,80,91)/t50?,51?,53-,54-,56+,57+,58+,59+,61+,62+,64+,65+,66+/m1/s1. The summed E-state index contributed by atoms with van der Waals surface area (Å²) < 4.78 is 15.9. The SMILES string of the molecule is CC[C@H](NC)C(=O)N[C@@H]1C(=O)N2[C@@H](CC[C@@H]1CNC(=O)CCc1cn(CCOCC3CCC(COCCn4cc([C@@H](NC(=O)[C@@H]5CC[C@@H]6CC[C@H](CNCc7ccccc7)[C@H](NC(=O)[C@H](CC)NC)C(=O)N65)c5ccccc5)nn4)CC3)nn1)CC[C@H]2C(=O)NCc1ccccc1. The summed E-state index contributed by atoms with van der Waals surface area (Å²) in [5.41, 5.74) is 4.19. The number of aryl methyl sites for hydroxylation is 1. The number of carbonyl (C=O) groups excluding carboxylic acids is 7. The van der Waals surface area contributed by atoms with E-state index in [9.17, 15) is 33.6 Å². The molecule has 1 aliphatic carbocycles. The van der Waals surface area contributed by atoms with Crippen LogP contribution in [0.1, 0.15) is 144 Å². The van der Waals surface area contributed by atoms with Crippen molar-refractivity contribution in [3.05, 3.63) is 131 Å². The predicted molar refractivity (Wildman–Crippen MR) is 364 cm³/mol. The van der Waals surface area contributed by atoms with Crippen molar-refractivity contribution in [3.8, 4) is 0 Å². The van der Waals surface area contributed by atoms with E-state index in [-0.39, 0.29) is 78.2 Å². The highest BCUT2D eigenvalue weighted by Crippen LogP contribution is 2.37. The zero-order valence-electron chi connectivity index (χ0n) is 57.0. The summed E-state index contributed by atoms with van der Waals surface area (Å²) in [4.78, 5) is 101. The van der Waals surface area contributed by atoms with Gasteiger partial charge in [0.2, 0.25) is 41.4 Å². The number of nitrogens with one attached hydrogen (secondary N) is 8. The van der Waals surface area contributed by atoms with E-state index in [0.717, 1.165) is 55.2 Å². The molecule has 4 aliphatic heterocycles. The van der Waals surface area contributed by atoms with Crippen molar-refractivity contribution < 1.29 is 43.0 Å². The van der Waals surface area contributed by atoms with Gasteiger partial charge >= 0.3 is 0 Å². The van der Waals surface area contributed by atoms with Gasteiger partial charge in [-0.15, -0.1) is 10.2 Å². The molecule has 10 rings (SSSR count). The molecule has 11 atom stereocenters. The molecule has 0 unspecified atom stereocenters. The number of carbonyl (C=O) groups is 7. The van der Waals surface area contributed by atoms with Crippen LogP contribution in [0.3, 0.4) is 0 Å². The lowest BCUT2D eigenvalue weighted by atomic mass is 9.83. The predicted octanol–water partition coefficient (Wildman–Crippen LogP) is 4.27. The lowest BCUT2D eigenvalue weighted by molar-refractivity contribution is -0.143. The van der Waals surface area contributed by atoms with Crippen LogP contribution in [0.4, 0.5) is 0 Å². The number of nitrogens with zero attached hydrogens (tertiary/aromatic N) is 8. The molecular formula is C72H102N16O9. The quantitative estimate of drug-likeness (QED) is 0.0267. The van der Waals surface area contributed by atoms with Gasteiger partial charge in [-0.25, -0.2) is 9.36 Å². The number of hydrogen-bond donors (Lipinski definition) is 8. The van der Waals surface area contributed by atoms with Gasteiger partial charge in [-0.1, -0.05) is 115 Å². The average Bonchev–Trinajstić information content (AvgIpc) is 1.66. The molecule has 6 heterocycles. The maximum Gasteiger partial charge on any atom is 0.246 e. The van der Waals surface area contributed by atoms with E-state index in [2.05, 4.69) is 75.3 Å². The fourth-order valence-electron chi connectivity index (χ4n) is 14.9. The van der Waals surface area contributed by atoms with Gasteiger partial charge < -0.3 is 61.8 Å². The van der Waals surface area contributed by atoms with Crippen LogP contribution in [0.15, 0.2) is 103 Å². The van der Waals surface area contributed by atoms with Gasteiger partial charge in [-0.05, 0) is 133 Å². The molecule has 5 aromatic rings. The van der Waals surface area contributed by atoms with Crippen molar-refractivity contribution >= 4 is 41.4 Å². The van der Waals surface area contributed by atoms with Crippen LogP contribution < -0.4 is 42.5 Å². The summed E-state index contributed by atoms with van der Waals surface area (Å²) in [6, 6.07) is 24.5. The minimum Gasteiger partial charge on any atom is -0.379 e. The second-order valence-corrected chi connectivity index (χ2v) is 27.0. The lowest BCUT2D eigenvalue weighted by Gasteiger charge is -2.33. The third-order valence-corrected chi connectivity index (χ3v) is 20.6. The summed E-state index contributed by atoms with van der Waals surface area (Å²) in [5, 5.41) is 42.8. The largest absolute Gasteiger partial charge is 0.379 e. The van der Waals surface area contributed by atoms with Gasteiger partial charge in [0.15, 0.2) is 0 Å². The molecule has 2 aromatic heterocycles. The first-order chi connectivity index (χ1) is 47.3. The van der Waals surface area contributed by atoms with Crippen molar-refractivity contribution in [3.63, 3.8) is 0 Å². The average molecular weight is 1340 g/mol. The van der Waals surface area contributed by atoms with E-state index < -0.39 is 42.3 Å². The van der Waals surface area contributed by atoms with Gasteiger partial charge in [0.1, 0.15) is 29.9 Å². The topological polar surface area (TPSA) is 302 Å². The van der Waals surface area contributed by atoms with Crippen molar-refractivity contribution in [2.45, 2.75) is 197 Å². The molecule has 8 N–H and O–H groups in total. The maximum atomic E-state index is 14.9. The van der Waals surface area contributed by atoms with E-state index in [1.54, 1.807) is 33.3 Å². The van der Waals surface area contributed by atoms with Crippen LogP contribution in [0.5, 0.6) is 0 Å². The number of rotatable bonds is 34. The Balaban J connectivity index is 0.627. The van der Waals surface area contributed by atoms with E-state index in [4.69, 9.17) is 9.47 Å². The number of fused-ring (bicyclic) bond motifs is 2. The Morgan fingerprint density at radius 2 is 1.05 bits per heavy atom. The summed E-state index contributed by atoms with van der Waals surface area (Å²) >= 11 is 0. The van der Waals surface area contributed by atoms with Crippen molar-refractivity contribution in [2.75, 3.05) is 53.6 Å². The van der Waals surface area contributed by atoms with Gasteiger partial charge in [0, 0.05) is 82.4 Å². The third-order valence-electron chi connectivity index (χ3n) is 20.6. The maximum absolute atomic E-state index is 14.9. The van der Waals surface area contributed by atoms with E-state index in [0.29, 0.717) is 140 Å². The number of benzene rings is 3. The second kappa shape index (κ2) is 36.0. The van der Waals surface area contributed by atoms with Gasteiger partial charge in [-0.3, -0.25) is 33.6 Å². The molecule has 7 amide bonds. The van der Waals surface area contributed by atoms with E-state index in [1.807, 2.05) is 105 Å². The van der Waals surface area contributed by atoms with Gasteiger partial charge in [0.25, 0.3) is 0 Å². The number of amides is 7. The molecule has 0 radical (unpaired) electrons. The first-order valence-electron chi connectivity index (χ1n) is 35.5. The Morgan fingerprint density at radius 3 is 1.60 bits per heavy atom. The Hall–Kier alpha value is -7.97. The highest BCUT2D eigenvalue weighted by Gasteiger charge is 2.50. The van der Waals surface area contributed by atoms with Gasteiger partial charge in [-0.2, -0.15) is 0 Å². The molecule has 0 spiro atoms. The molecule has 25 heteroatoms. The molecule has 97 heavy (non-hydrogen) atoms. The number of likely N-dealkylation sites (N-methyl/N-ethyl adjacent to an activating group) is 2. The Kier molecular flexibility index (Phi) is 26.7. The minimum atomic E-state index is -0.910. The first kappa shape index (κ1) is 71.8. The van der Waals surface area contributed by atoms with Crippen molar-refractivity contribution in [2.24, 2.45) is 23.7 Å². The summed E-state index contributed by atoms with van der Waals surface area (Å²) in [7, 11) is 3.46. The fraction of sp³-hybridized carbons (Fsp3) is 0.597. The van der Waals surface area contributed by atoms with Crippen molar-refractivity contribution in [1.82, 2.24) is 82.3 Å². The summed E-state index contributed by atoms with van der Waals surface area (Å²) in [6.07, 6.45) is 14.7. The Labute approximate surface area is 570 Å². The normalized spacial score (nSPS) is 24.2. The summed E-state index contributed by atoms with van der Waals surface area (Å²) in [5.74, 6) is -1.35. The highest BCUT2D eigenvalue weighted by atomic mass is 16.5. The number of ether oxygens (including phenoxy) is 2. The lowest BCUT2D eigenvalue weighted by Crippen LogP contribution is -2.59. The Bertz CT molecular complexity index is 3320. The van der Waals surface area contributed by atoms with Crippen LogP contribution in [-0.2, 0) is 75.6 Å². The second-order valence-electron chi connectivity index (χ2n) is 27.0. The molecule has 5 fully saturated rings. The van der Waals surface area contributed by atoms with Crippen LogP contribution >= 0.6 is 0 Å². The molecule has 1 saturated carbocycles. The zero-order valence-corrected chi connectivity index (χ0v) is 57.0. The molecule has 25 nitrogen and oxygen atoms in total.